The minimum absolute atomic E-state index is 0.518. The summed E-state index contributed by atoms with van der Waals surface area (Å²) >= 11 is 0. The first-order valence-corrected chi connectivity index (χ1v) is 8.85. The highest BCUT2D eigenvalue weighted by molar-refractivity contribution is 5.67. The second-order valence-corrected chi connectivity index (χ2v) is 6.45. The molecule has 0 amide bonds. The van der Waals surface area contributed by atoms with Crippen molar-refractivity contribution in [1.82, 2.24) is 19.5 Å². The van der Waals surface area contributed by atoms with Crippen LogP contribution in [-0.4, -0.2) is 19.5 Å². The lowest BCUT2D eigenvalue weighted by Gasteiger charge is -2.12. The zero-order chi connectivity index (χ0) is 16.4. The van der Waals surface area contributed by atoms with Crippen molar-refractivity contribution in [3.8, 4) is 11.5 Å². The van der Waals surface area contributed by atoms with E-state index in [0.29, 0.717) is 5.92 Å². The first-order chi connectivity index (χ1) is 11.8. The largest absolute Gasteiger partial charge is 0.364 e. The van der Waals surface area contributed by atoms with Crippen LogP contribution >= 0.6 is 0 Å². The number of aryl methyl sites for hydroxylation is 1. The molecule has 0 spiro atoms. The Balaban J connectivity index is 1.65. The molecule has 0 aromatic heterocycles. The van der Waals surface area contributed by atoms with Crippen LogP contribution in [0.1, 0.15) is 49.9 Å². The van der Waals surface area contributed by atoms with Crippen molar-refractivity contribution < 1.29 is 0 Å². The van der Waals surface area contributed by atoms with E-state index in [1.54, 1.807) is 0 Å². The van der Waals surface area contributed by atoms with Crippen molar-refractivity contribution in [3.63, 3.8) is 0 Å². The maximum atomic E-state index is 4.86. The predicted octanol–water partition coefficient (Wildman–Crippen LogP) is 4.07. The van der Waals surface area contributed by atoms with Crippen LogP contribution < -0.4 is 5.32 Å². The van der Waals surface area contributed by atoms with Gasteiger partial charge in [-0.25, -0.2) is 15.0 Å². The normalized spacial score (nSPS) is 15.2. The molecular formula is C19H23N5. The van der Waals surface area contributed by atoms with Gasteiger partial charge in [0.15, 0.2) is 17.3 Å². The summed E-state index contributed by atoms with van der Waals surface area (Å²) in [4.78, 5) is 14.3. The molecule has 0 saturated heterocycles. The monoisotopic (exact) mass is 321 g/mol. The lowest BCUT2D eigenvalue weighted by Crippen LogP contribution is -2.09. The highest BCUT2D eigenvalue weighted by atomic mass is 15.2. The zero-order valence-electron chi connectivity index (χ0n) is 14.1. The third kappa shape index (κ3) is 2.86. The average molecular weight is 321 g/mol. The number of imidazole rings is 1. The van der Waals surface area contributed by atoms with Gasteiger partial charge in [0.1, 0.15) is 5.82 Å². The van der Waals surface area contributed by atoms with Gasteiger partial charge in [-0.1, -0.05) is 43.2 Å². The zero-order valence-corrected chi connectivity index (χ0v) is 14.1. The van der Waals surface area contributed by atoms with Crippen LogP contribution in [0.5, 0.6) is 0 Å². The fraction of sp³-hybridized carbons (Fsp3) is 0.421. The number of hydrogen-bond donors (Lipinski definition) is 1. The van der Waals surface area contributed by atoms with Gasteiger partial charge >= 0.3 is 0 Å². The molecule has 24 heavy (non-hydrogen) atoms. The molecule has 2 aliphatic heterocycles. The van der Waals surface area contributed by atoms with E-state index in [2.05, 4.69) is 46.1 Å². The molecule has 0 bridgehead atoms. The highest BCUT2D eigenvalue weighted by Gasteiger charge is 2.26. The Bertz CT molecular complexity index is 774. The van der Waals surface area contributed by atoms with Crippen molar-refractivity contribution in [3.05, 3.63) is 48.0 Å². The molecule has 1 aliphatic carbocycles. The number of hydrogen-bond acceptors (Lipinski definition) is 4. The Morgan fingerprint density at radius 1 is 1.12 bits per heavy atom. The second-order valence-electron chi connectivity index (χ2n) is 6.45. The Kier molecular flexibility index (Phi) is 4.15. The fourth-order valence-electron chi connectivity index (χ4n) is 3.46. The average Bonchev–Trinajstić information content (AvgIpc) is 3.29. The fourth-order valence-corrected chi connectivity index (χ4v) is 3.46. The van der Waals surface area contributed by atoms with Gasteiger partial charge < -0.3 is 9.88 Å². The van der Waals surface area contributed by atoms with Crippen molar-refractivity contribution in [2.75, 3.05) is 5.32 Å². The summed E-state index contributed by atoms with van der Waals surface area (Å²) in [6.07, 6.45) is 6.87. The van der Waals surface area contributed by atoms with E-state index in [9.17, 15) is 0 Å². The molecule has 1 aromatic carbocycles. The van der Waals surface area contributed by atoms with Gasteiger partial charge in [-0.05, 0) is 25.3 Å². The van der Waals surface area contributed by atoms with Crippen LogP contribution in [0.15, 0.2) is 36.7 Å². The number of nitrogens with one attached hydrogen (secondary N) is 1. The lowest BCUT2D eigenvalue weighted by molar-refractivity contribution is 0.675. The van der Waals surface area contributed by atoms with Crippen molar-refractivity contribution in [2.45, 2.75) is 51.6 Å². The minimum atomic E-state index is 0.518. The molecule has 3 aliphatic rings. The molecule has 124 valence electrons. The van der Waals surface area contributed by atoms with E-state index >= 15 is 0 Å². The Morgan fingerprint density at radius 2 is 1.92 bits per heavy atom. The molecule has 5 heteroatoms. The van der Waals surface area contributed by atoms with Crippen molar-refractivity contribution >= 4 is 5.82 Å². The van der Waals surface area contributed by atoms with Crippen molar-refractivity contribution in [2.24, 2.45) is 0 Å². The first-order valence-electron chi connectivity index (χ1n) is 8.85. The van der Waals surface area contributed by atoms with Gasteiger partial charge in [-0.2, -0.15) is 0 Å². The number of anilines is 1. The van der Waals surface area contributed by atoms with Crippen LogP contribution in [-0.2, 0) is 13.1 Å². The van der Waals surface area contributed by atoms with Gasteiger partial charge in [-0.3, -0.25) is 0 Å². The quantitative estimate of drug-likeness (QED) is 0.769. The van der Waals surface area contributed by atoms with E-state index in [4.69, 9.17) is 9.97 Å². The van der Waals surface area contributed by atoms with E-state index in [-0.39, 0.29) is 0 Å². The third-order valence-electron chi connectivity index (χ3n) is 4.84. The summed E-state index contributed by atoms with van der Waals surface area (Å²) in [6, 6.07) is 10.4. The molecule has 1 N–H and O–H groups in total. The number of fused-ring (bicyclic) bond motifs is 1. The summed E-state index contributed by atoms with van der Waals surface area (Å²) in [7, 11) is 0. The van der Waals surface area contributed by atoms with Crippen molar-refractivity contribution in [1.29, 1.82) is 0 Å². The number of rotatable bonds is 5. The molecule has 1 fully saturated rings. The molecule has 1 saturated carbocycles. The van der Waals surface area contributed by atoms with Gasteiger partial charge in [0.2, 0.25) is 0 Å². The smallest absolute Gasteiger partial charge is 0.165 e. The Labute approximate surface area is 142 Å². The van der Waals surface area contributed by atoms with E-state index < -0.39 is 0 Å². The first kappa shape index (κ1) is 15.1. The number of benzene rings is 1. The van der Waals surface area contributed by atoms with E-state index in [1.165, 1.54) is 31.2 Å². The minimum Gasteiger partial charge on any atom is -0.364 e. The Morgan fingerprint density at radius 3 is 2.67 bits per heavy atom. The van der Waals surface area contributed by atoms with Gasteiger partial charge in [0.25, 0.3) is 0 Å². The lowest BCUT2D eigenvalue weighted by atomic mass is 10.1. The maximum Gasteiger partial charge on any atom is 0.165 e. The van der Waals surface area contributed by atoms with E-state index in [1.807, 2.05) is 12.4 Å². The van der Waals surface area contributed by atoms with Crippen LogP contribution in [0.3, 0.4) is 0 Å². The summed E-state index contributed by atoms with van der Waals surface area (Å²) in [6.45, 7) is 3.71. The molecule has 0 radical (unpaired) electrons. The van der Waals surface area contributed by atoms with E-state index in [0.717, 1.165) is 36.3 Å². The molecular weight excluding hydrogens is 298 g/mol. The number of aromatic nitrogens is 4. The van der Waals surface area contributed by atoms with Crippen LogP contribution in [0, 0.1) is 0 Å². The van der Waals surface area contributed by atoms with Gasteiger partial charge in [0.05, 0.1) is 6.33 Å². The summed E-state index contributed by atoms with van der Waals surface area (Å²) in [5.74, 6) is 3.30. The van der Waals surface area contributed by atoms with Gasteiger partial charge in [-0.15, -0.1) is 0 Å². The molecule has 0 unspecified atom stereocenters. The predicted molar refractivity (Wildman–Crippen MR) is 95.1 cm³/mol. The molecule has 5 nitrogen and oxygen atoms in total. The standard InChI is InChI=1S/C19H23N5/c1-2-24-13-21-18(20-12-14-8-4-3-5-9-14)16-19(24)23-17(22-16)15-10-6-7-11-15/h3-5,8-9,13,15,20H,2,6-7,10-12H2,1H3. The highest BCUT2D eigenvalue weighted by Crippen LogP contribution is 2.36. The molecule has 1 aromatic rings. The van der Waals surface area contributed by atoms with Gasteiger partial charge in [0, 0.05) is 19.0 Å². The molecule has 4 rings (SSSR count). The summed E-state index contributed by atoms with van der Waals surface area (Å²) in [5.41, 5.74) is 2.13. The summed E-state index contributed by atoms with van der Waals surface area (Å²) in [5, 5.41) is 3.43. The molecule has 2 heterocycles. The van der Waals surface area contributed by atoms with Crippen LogP contribution in [0.25, 0.3) is 11.5 Å². The second kappa shape index (κ2) is 6.59. The third-order valence-corrected chi connectivity index (χ3v) is 4.84. The Hall–Kier alpha value is -2.43. The number of nitrogens with zero attached hydrogens (tertiary/aromatic N) is 4. The van der Waals surface area contributed by atoms with Crippen LogP contribution in [0.2, 0.25) is 0 Å². The maximum absolute atomic E-state index is 4.86. The van der Waals surface area contributed by atoms with Crippen LogP contribution in [0.4, 0.5) is 5.82 Å². The topological polar surface area (TPSA) is 55.6 Å². The molecule has 0 atom stereocenters. The summed E-state index contributed by atoms with van der Waals surface area (Å²) < 4.78 is 2.08. The SMILES string of the molecule is CCn1cnc(NCc2ccccc2)c2nc(C3CCCC3)nc1-2.